The molecule has 1 fully saturated rings. The van der Waals surface area contributed by atoms with Gasteiger partial charge in [0.05, 0.1) is 18.1 Å². The van der Waals surface area contributed by atoms with Crippen molar-refractivity contribution in [3.8, 4) is 6.07 Å². The highest BCUT2D eigenvalue weighted by Crippen LogP contribution is 2.29. The van der Waals surface area contributed by atoms with E-state index in [1.807, 2.05) is 13.8 Å². The van der Waals surface area contributed by atoms with Gasteiger partial charge in [-0.05, 0) is 46.1 Å². The van der Waals surface area contributed by atoms with Crippen LogP contribution in [0, 0.1) is 16.7 Å². The molecule has 0 saturated heterocycles. The Morgan fingerprint density at radius 3 is 2.50 bits per heavy atom. The van der Waals surface area contributed by atoms with Crippen molar-refractivity contribution in [3.05, 3.63) is 0 Å². The molecule has 3 nitrogen and oxygen atoms in total. The lowest BCUT2D eigenvalue weighted by Crippen LogP contribution is -2.46. The summed E-state index contributed by atoms with van der Waals surface area (Å²) in [4.78, 5) is 0. The average molecular weight is 224 g/mol. The largest absolute Gasteiger partial charge is 0.394 e. The lowest BCUT2D eigenvalue weighted by molar-refractivity contribution is 0.163. The zero-order valence-corrected chi connectivity index (χ0v) is 10.6. The fourth-order valence-electron chi connectivity index (χ4n) is 2.38. The second-order valence-electron chi connectivity index (χ2n) is 5.67. The Hall–Kier alpha value is -0.590. The molecule has 16 heavy (non-hydrogen) atoms. The molecule has 1 rings (SSSR count). The SMILES string of the molecule is CC(C)(C#N)CCCNC1(CO)CCCC1. The summed E-state index contributed by atoms with van der Waals surface area (Å²) in [5.74, 6) is 0. The molecule has 3 heteroatoms. The molecule has 0 aromatic carbocycles. The molecule has 2 N–H and O–H groups in total. The first-order chi connectivity index (χ1) is 7.54. The Labute approximate surface area is 98.8 Å². The molecule has 0 aromatic rings. The number of nitriles is 1. The van der Waals surface area contributed by atoms with Crippen LogP contribution in [0.3, 0.4) is 0 Å². The molecule has 1 aliphatic carbocycles. The Bertz CT molecular complexity index is 249. The van der Waals surface area contributed by atoms with Gasteiger partial charge in [0.1, 0.15) is 0 Å². The number of aliphatic hydroxyl groups is 1. The van der Waals surface area contributed by atoms with E-state index in [0.717, 1.165) is 32.2 Å². The highest BCUT2D eigenvalue weighted by Gasteiger charge is 2.32. The van der Waals surface area contributed by atoms with E-state index in [2.05, 4.69) is 11.4 Å². The van der Waals surface area contributed by atoms with Gasteiger partial charge < -0.3 is 10.4 Å². The van der Waals surface area contributed by atoms with Crippen molar-refractivity contribution in [2.75, 3.05) is 13.2 Å². The number of hydrogen-bond acceptors (Lipinski definition) is 3. The maximum Gasteiger partial charge on any atom is 0.0683 e. The maximum atomic E-state index is 9.41. The topological polar surface area (TPSA) is 56.0 Å². The van der Waals surface area contributed by atoms with E-state index in [9.17, 15) is 5.11 Å². The lowest BCUT2D eigenvalue weighted by atomic mass is 9.89. The summed E-state index contributed by atoms with van der Waals surface area (Å²) in [7, 11) is 0. The molecule has 0 aliphatic heterocycles. The van der Waals surface area contributed by atoms with Crippen molar-refractivity contribution in [3.63, 3.8) is 0 Å². The molecule has 0 amide bonds. The van der Waals surface area contributed by atoms with Gasteiger partial charge in [-0.15, -0.1) is 0 Å². The number of hydrogen-bond donors (Lipinski definition) is 2. The van der Waals surface area contributed by atoms with Crippen LogP contribution in [0.1, 0.15) is 52.4 Å². The molecule has 1 aliphatic rings. The fraction of sp³-hybridized carbons (Fsp3) is 0.923. The van der Waals surface area contributed by atoms with E-state index < -0.39 is 0 Å². The van der Waals surface area contributed by atoms with Gasteiger partial charge in [-0.1, -0.05) is 12.8 Å². The first-order valence-electron chi connectivity index (χ1n) is 6.31. The van der Waals surface area contributed by atoms with Gasteiger partial charge in [0.15, 0.2) is 0 Å². The summed E-state index contributed by atoms with van der Waals surface area (Å²) in [6.45, 7) is 5.11. The summed E-state index contributed by atoms with van der Waals surface area (Å²) in [5, 5.41) is 21.8. The van der Waals surface area contributed by atoms with Crippen molar-refractivity contribution < 1.29 is 5.11 Å². The van der Waals surface area contributed by atoms with Crippen LogP contribution in [0.25, 0.3) is 0 Å². The van der Waals surface area contributed by atoms with Crippen LogP contribution in [0.15, 0.2) is 0 Å². The quantitative estimate of drug-likeness (QED) is 0.680. The molecule has 0 radical (unpaired) electrons. The Kier molecular flexibility index (Phi) is 4.76. The van der Waals surface area contributed by atoms with E-state index >= 15 is 0 Å². The van der Waals surface area contributed by atoms with Crippen molar-refractivity contribution in [1.82, 2.24) is 5.32 Å². The second-order valence-corrected chi connectivity index (χ2v) is 5.67. The third-order valence-electron chi connectivity index (χ3n) is 3.64. The van der Waals surface area contributed by atoms with E-state index in [1.165, 1.54) is 12.8 Å². The predicted octanol–water partition coefficient (Wildman–Crippen LogP) is 2.21. The summed E-state index contributed by atoms with van der Waals surface area (Å²) < 4.78 is 0. The van der Waals surface area contributed by atoms with E-state index in [1.54, 1.807) is 0 Å². The first kappa shape index (κ1) is 13.5. The Morgan fingerprint density at radius 2 is 2.00 bits per heavy atom. The zero-order valence-electron chi connectivity index (χ0n) is 10.6. The summed E-state index contributed by atoms with van der Waals surface area (Å²) in [6, 6.07) is 2.32. The predicted molar refractivity (Wildman–Crippen MR) is 64.9 cm³/mol. The monoisotopic (exact) mass is 224 g/mol. The third-order valence-corrected chi connectivity index (χ3v) is 3.64. The Morgan fingerprint density at radius 1 is 1.38 bits per heavy atom. The van der Waals surface area contributed by atoms with Gasteiger partial charge in [-0.2, -0.15) is 5.26 Å². The molecular formula is C13H24N2O. The van der Waals surface area contributed by atoms with Gasteiger partial charge in [-0.3, -0.25) is 0 Å². The zero-order chi connectivity index (χ0) is 12.1. The van der Waals surface area contributed by atoms with Crippen LogP contribution >= 0.6 is 0 Å². The van der Waals surface area contributed by atoms with Crippen LogP contribution in [0.5, 0.6) is 0 Å². The van der Waals surface area contributed by atoms with Gasteiger partial charge in [0, 0.05) is 5.54 Å². The van der Waals surface area contributed by atoms with Crippen molar-refractivity contribution in [1.29, 1.82) is 5.26 Å². The summed E-state index contributed by atoms with van der Waals surface area (Å²) in [6.07, 6.45) is 6.53. The molecule has 1 saturated carbocycles. The van der Waals surface area contributed by atoms with Crippen LogP contribution < -0.4 is 5.32 Å². The van der Waals surface area contributed by atoms with E-state index in [-0.39, 0.29) is 17.6 Å². The molecular weight excluding hydrogens is 200 g/mol. The minimum Gasteiger partial charge on any atom is -0.394 e. The summed E-state index contributed by atoms with van der Waals surface area (Å²) >= 11 is 0. The molecule has 0 unspecified atom stereocenters. The van der Waals surface area contributed by atoms with Crippen molar-refractivity contribution >= 4 is 0 Å². The minimum absolute atomic E-state index is 0.0171. The standard InChI is InChI=1S/C13H24N2O/c1-12(2,10-14)6-5-9-15-13(11-16)7-3-4-8-13/h15-16H,3-9,11H2,1-2H3. The molecule has 92 valence electrons. The Balaban J connectivity index is 2.22. The van der Waals surface area contributed by atoms with Crippen LogP contribution in [0.2, 0.25) is 0 Å². The second kappa shape index (κ2) is 5.65. The van der Waals surface area contributed by atoms with Crippen molar-refractivity contribution in [2.45, 2.75) is 57.9 Å². The number of aliphatic hydroxyl groups excluding tert-OH is 1. The normalized spacial score (nSPS) is 19.6. The highest BCUT2D eigenvalue weighted by molar-refractivity contribution is 4.94. The van der Waals surface area contributed by atoms with E-state index in [4.69, 9.17) is 5.26 Å². The number of nitrogens with zero attached hydrogens (tertiary/aromatic N) is 1. The number of rotatable bonds is 6. The van der Waals surface area contributed by atoms with Gasteiger partial charge >= 0.3 is 0 Å². The fourth-order valence-corrected chi connectivity index (χ4v) is 2.38. The van der Waals surface area contributed by atoms with Crippen LogP contribution in [0.4, 0.5) is 0 Å². The van der Waals surface area contributed by atoms with Crippen LogP contribution in [-0.2, 0) is 0 Å². The van der Waals surface area contributed by atoms with Gasteiger partial charge in [0.2, 0.25) is 0 Å². The smallest absolute Gasteiger partial charge is 0.0683 e. The lowest BCUT2D eigenvalue weighted by Gasteiger charge is -2.28. The molecule has 0 atom stereocenters. The molecule has 0 bridgehead atoms. The van der Waals surface area contributed by atoms with E-state index in [0.29, 0.717) is 0 Å². The molecule has 0 spiro atoms. The number of nitrogens with one attached hydrogen (secondary N) is 1. The molecule has 0 aromatic heterocycles. The maximum absolute atomic E-state index is 9.41. The van der Waals surface area contributed by atoms with Gasteiger partial charge in [-0.25, -0.2) is 0 Å². The third kappa shape index (κ3) is 3.77. The van der Waals surface area contributed by atoms with Crippen LogP contribution in [-0.4, -0.2) is 23.8 Å². The van der Waals surface area contributed by atoms with Gasteiger partial charge in [0.25, 0.3) is 0 Å². The molecule has 0 heterocycles. The average Bonchev–Trinajstić information content (AvgIpc) is 2.74. The minimum atomic E-state index is -0.219. The summed E-state index contributed by atoms with van der Waals surface area (Å²) in [5.41, 5.74) is -0.236. The highest BCUT2D eigenvalue weighted by atomic mass is 16.3. The van der Waals surface area contributed by atoms with Crippen molar-refractivity contribution in [2.24, 2.45) is 5.41 Å². The first-order valence-corrected chi connectivity index (χ1v) is 6.31.